The Hall–Kier alpha value is -2.17. The molecular formula is C14H15NO4. The number of anilines is 1. The first-order valence-electron chi connectivity index (χ1n) is 5.99. The van der Waals surface area contributed by atoms with Gasteiger partial charge in [-0.05, 0) is 17.7 Å². The minimum atomic E-state index is -0.948. The maximum absolute atomic E-state index is 12.2. The zero-order chi connectivity index (χ0) is 14.2. The van der Waals surface area contributed by atoms with E-state index >= 15 is 0 Å². The fourth-order valence-corrected chi connectivity index (χ4v) is 2.19. The second-order valence-electron chi connectivity index (χ2n) is 5.34. The third kappa shape index (κ3) is 2.50. The summed E-state index contributed by atoms with van der Waals surface area (Å²) >= 11 is 0. The average Bonchev–Trinajstić information content (AvgIpc) is 2.47. The number of carboxylic acids is 1. The van der Waals surface area contributed by atoms with Crippen molar-refractivity contribution in [3.05, 3.63) is 29.8 Å². The van der Waals surface area contributed by atoms with Crippen LogP contribution in [0.5, 0.6) is 0 Å². The van der Waals surface area contributed by atoms with Crippen molar-refractivity contribution in [1.82, 2.24) is 0 Å². The lowest BCUT2D eigenvalue weighted by molar-refractivity contribution is -0.136. The van der Waals surface area contributed by atoms with Crippen LogP contribution in [0.25, 0.3) is 0 Å². The van der Waals surface area contributed by atoms with Gasteiger partial charge in [0.15, 0.2) is 0 Å². The molecule has 100 valence electrons. The number of benzene rings is 1. The number of imide groups is 1. The van der Waals surface area contributed by atoms with E-state index in [4.69, 9.17) is 5.11 Å². The lowest BCUT2D eigenvalue weighted by Crippen LogP contribution is -2.33. The van der Waals surface area contributed by atoms with Crippen molar-refractivity contribution in [2.45, 2.75) is 26.7 Å². The highest BCUT2D eigenvalue weighted by Crippen LogP contribution is 2.35. The minimum Gasteiger partial charge on any atom is -0.481 e. The molecule has 1 fully saturated rings. The number of hydrogen-bond donors (Lipinski definition) is 1. The fraction of sp³-hybridized carbons (Fsp3) is 0.357. The topological polar surface area (TPSA) is 74.7 Å². The number of hydrogen-bond acceptors (Lipinski definition) is 3. The van der Waals surface area contributed by atoms with Crippen molar-refractivity contribution in [1.29, 1.82) is 0 Å². The van der Waals surface area contributed by atoms with E-state index < -0.39 is 11.4 Å². The van der Waals surface area contributed by atoms with Crippen molar-refractivity contribution < 1.29 is 19.5 Å². The Morgan fingerprint density at radius 2 is 2.05 bits per heavy atom. The first kappa shape index (κ1) is 13.3. The molecule has 0 spiro atoms. The molecule has 0 aliphatic carbocycles. The molecule has 1 aliphatic rings. The number of rotatable bonds is 3. The van der Waals surface area contributed by atoms with Gasteiger partial charge in [-0.25, -0.2) is 0 Å². The molecule has 0 aromatic heterocycles. The molecule has 1 heterocycles. The zero-order valence-electron chi connectivity index (χ0n) is 10.8. The van der Waals surface area contributed by atoms with Gasteiger partial charge in [-0.3, -0.25) is 19.3 Å². The van der Waals surface area contributed by atoms with Crippen LogP contribution in [-0.2, 0) is 20.8 Å². The van der Waals surface area contributed by atoms with E-state index in [1.54, 1.807) is 38.1 Å². The second kappa shape index (κ2) is 4.50. The first-order valence-corrected chi connectivity index (χ1v) is 5.99. The van der Waals surface area contributed by atoms with Crippen molar-refractivity contribution in [3.8, 4) is 0 Å². The Labute approximate surface area is 110 Å². The van der Waals surface area contributed by atoms with Gasteiger partial charge in [0.25, 0.3) is 0 Å². The summed E-state index contributed by atoms with van der Waals surface area (Å²) in [4.78, 5) is 35.9. The van der Waals surface area contributed by atoms with E-state index in [0.29, 0.717) is 11.3 Å². The molecule has 1 N–H and O–H groups in total. The van der Waals surface area contributed by atoms with Crippen molar-refractivity contribution in [2.24, 2.45) is 5.41 Å². The van der Waals surface area contributed by atoms with Gasteiger partial charge < -0.3 is 5.11 Å². The van der Waals surface area contributed by atoms with E-state index in [-0.39, 0.29) is 24.7 Å². The molecule has 2 rings (SSSR count). The van der Waals surface area contributed by atoms with Gasteiger partial charge in [0.1, 0.15) is 0 Å². The van der Waals surface area contributed by atoms with Crippen molar-refractivity contribution >= 4 is 23.5 Å². The van der Waals surface area contributed by atoms with Crippen LogP contribution >= 0.6 is 0 Å². The lowest BCUT2D eigenvalue weighted by atomic mass is 9.92. The molecular weight excluding hydrogens is 246 g/mol. The fourth-order valence-electron chi connectivity index (χ4n) is 2.19. The third-order valence-corrected chi connectivity index (χ3v) is 3.15. The molecule has 0 saturated carbocycles. The van der Waals surface area contributed by atoms with Crippen LogP contribution in [0.4, 0.5) is 5.69 Å². The molecule has 19 heavy (non-hydrogen) atoms. The Balaban J connectivity index is 2.35. The molecule has 0 radical (unpaired) electrons. The minimum absolute atomic E-state index is 0.131. The van der Waals surface area contributed by atoms with Crippen LogP contribution in [-0.4, -0.2) is 22.9 Å². The van der Waals surface area contributed by atoms with Crippen LogP contribution in [0.2, 0.25) is 0 Å². The van der Waals surface area contributed by atoms with E-state index in [1.807, 2.05) is 0 Å². The summed E-state index contributed by atoms with van der Waals surface area (Å²) in [6.07, 6.45) is 0.0441. The van der Waals surface area contributed by atoms with Gasteiger partial charge in [0.05, 0.1) is 17.5 Å². The lowest BCUT2D eigenvalue weighted by Gasteiger charge is -2.18. The van der Waals surface area contributed by atoms with Gasteiger partial charge in [-0.2, -0.15) is 0 Å². The molecule has 2 amide bonds. The summed E-state index contributed by atoms with van der Waals surface area (Å²) in [6, 6.07) is 6.53. The molecule has 5 nitrogen and oxygen atoms in total. The number of carbonyl (C=O) groups excluding carboxylic acids is 2. The predicted octanol–water partition coefficient (Wildman–Crippen LogP) is 1.60. The smallest absolute Gasteiger partial charge is 0.307 e. The highest BCUT2D eigenvalue weighted by atomic mass is 16.4. The molecule has 1 aromatic carbocycles. The highest BCUT2D eigenvalue weighted by Gasteiger charge is 2.45. The highest BCUT2D eigenvalue weighted by molar-refractivity contribution is 6.22. The van der Waals surface area contributed by atoms with Gasteiger partial charge >= 0.3 is 5.97 Å². The Morgan fingerprint density at radius 1 is 1.37 bits per heavy atom. The van der Waals surface area contributed by atoms with E-state index in [2.05, 4.69) is 0 Å². The van der Waals surface area contributed by atoms with Crippen LogP contribution in [0.3, 0.4) is 0 Å². The van der Waals surface area contributed by atoms with E-state index in [9.17, 15) is 14.4 Å². The molecule has 0 bridgehead atoms. The summed E-state index contributed by atoms with van der Waals surface area (Å²) in [5, 5.41) is 8.76. The van der Waals surface area contributed by atoms with Crippen LogP contribution < -0.4 is 4.90 Å². The predicted molar refractivity (Wildman–Crippen MR) is 68.7 cm³/mol. The average molecular weight is 261 g/mol. The van der Waals surface area contributed by atoms with Gasteiger partial charge in [0.2, 0.25) is 11.8 Å². The normalized spacial score (nSPS) is 17.9. The quantitative estimate of drug-likeness (QED) is 0.839. The summed E-state index contributed by atoms with van der Waals surface area (Å²) in [6.45, 7) is 3.46. The van der Waals surface area contributed by atoms with Gasteiger partial charge in [0, 0.05) is 6.42 Å². The maximum atomic E-state index is 12.2. The van der Waals surface area contributed by atoms with Crippen LogP contribution in [0.15, 0.2) is 24.3 Å². The van der Waals surface area contributed by atoms with Crippen molar-refractivity contribution in [2.75, 3.05) is 4.90 Å². The summed E-state index contributed by atoms with van der Waals surface area (Å²) in [5.41, 5.74) is 0.314. The largest absolute Gasteiger partial charge is 0.481 e. The molecule has 1 saturated heterocycles. The molecule has 5 heteroatoms. The summed E-state index contributed by atoms with van der Waals surface area (Å²) in [5.74, 6) is -1.44. The van der Waals surface area contributed by atoms with Crippen molar-refractivity contribution in [3.63, 3.8) is 0 Å². The Bertz CT molecular complexity index is 562. The first-order chi connectivity index (χ1) is 8.81. The number of nitrogens with zero attached hydrogens (tertiary/aromatic N) is 1. The Morgan fingerprint density at radius 3 is 2.58 bits per heavy atom. The molecule has 0 atom stereocenters. The number of amides is 2. The second-order valence-corrected chi connectivity index (χ2v) is 5.34. The number of carboxylic acid groups (broad SMARTS) is 1. The number of aliphatic carboxylic acids is 1. The SMILES string of the molecule is CC1(C)CC(=O)N(c2cccc(CC(=O)O)c2)C1=O. The monoisotopic (exact) mass is 261 g/mol. The van der Waals surface area contributed by atoms with Gasteiger partial charge in [-0.15, -0.1) is 0 Å². The standard InChI is InChI=1S/C14H15NO4/c1-14(2)8-11(16)15(13(14)19)10-5-3-4-9(6-10)7-12(17)18/h3-6H,7-8H2,1-2H3,(H,17,18). The Kier molecular flexibility index (Phi) is 3.14. The molecule has 1 aliphatic heterocycles. The maximum Gasteiger partial charge on any atom is 0.307 e. The zero-order valence-corrected chi connectivity index (χ0v) is 10.8. The van der Waals surface area contributed by atoms with E-state index in [0.717, 1.165) is 4.90 Å². The van der Waals surface area contributed by atoms with E-state index in [1.165, 1.54) is 0 Å². The summed E-state index contributed by atoms with van der Waals surface area (Å²) < 4.78 is 0. The third-order valence-electron chi connectivity index (χ3n) is 3.15. The molecule has 0 unspecified atom stereocenters. The molecule has 1 aromatic rings. The summed E-state index contributed by atoms with van der Waals surface area (Å²) in [7, 11) is 0. The number of carbonyl (C=O) groups is 3. The van der Waals surface area contributed by atoms with Crippen LogP contribution in [0.1, 0.15) is 25.8 Å². The van der Waals surface area contributed by atoms with Crippen LogP contribution in [0, 0.1) is 5.41 Å². The van der Waals surface area contributed by atoms with Gasteiger partial charge in [-0.1, -0.05) is 26.0 Å².